The number of hydrogen-bond acceptors (Lipinski definition) is 5. The number of alkyl halides is 3. The van der Waals surface area contributed by atoms with Crippen molar-refractivity contribution in [1.29, 1.82) is 5.26 Å². The summed E-state index contributed by atoms with van der Waals surface area (Å²) in [6, 6.07) is 11.9. The van der Waals surface area contributed by atoms with Gasteiger partial charge in [-0.25, -0.2) is 4.79 Å². The molecule has 144 valence electrons. The number of amides is 1. The molecule has 0 unspecified atom stereocenters. The number of nitrogens with zero attached hydrogens (tertiary/aromatic N) is 1. The van der Waals surface area contributed by atoms with Gasteiger partial charge in [-0.05, 0) is 30.3 Å². The Bertz CT molecular complexity index is 963. The zero-order valence-corrected chi connectivity index (χ0v) is 14.5. The number of ether oxygens (including phenoxy) is 1. The van der Waals surface area contributed by atoms with Gasteiger partial charge in [0.1, 0.15) is 11.6 Å². The van der Waals surface area contributed by atoms with Crippen molar-refractivity contribution in [3.8, 4) is 6.07 Å². The quantitative estimate of drug-likeness (QED) is 0.459. The van der Waals surface area contributed by atoms with Crippen LogP contribution in [0.15, 0.2) is 60.3 Å². The lowest BCUT2D eigenvalue weighted by Gasteiger charge is -2.10. The molecule has 0 atom stereocenters. The molecule has 28 heavy (non-hydrogen) atoms. The number of rotatable bonds is 5. The van der Waals surface area contributed by atoms with E-state index < -0.39 is 29.2 Å². The van der Waals surface area contributed by atoms with E-state index in [-0.39, 0.29) is 16.9 Å². The van der Waals surface area contributed by atoms with Gasteiger partial charge in [0.15, 0.2) is 0 Å². The first kappa shape index (κ1) is 20.5. The fourth-order valence-corrected chi connectivity index (χ4v) is 2.17. The van der Waals surface area contributed by atoms with Crippen LogP contribution in [0.1, 0.15) is 15.9 Å². The Morgan fingerprint density at radius 2 is 1.86 bits per heavy atom. The van der Waals surface area contributed by atoms with Crippen LogP contribution in [0.3, 0.4) is 0 Å². The van der Waals surface area contributed by atoms with E-state index in [2.05, 4.69) is 15.4 Å². The van der Waals surface area contributed by atoms with E-state index in [0.29, 0.717) is 0 Å². The third-order valence-corrected chi connectivity index (χ3v) is 3.52. The predicted octanol–water partition coefficient (Wildman–Crippen LogP) is 3.95. The molecule has 2 aromatic rings. The zero-order chi connectivity index (χ0) is 20.7. The highest BCUT2D eigenvalue weighted by Gasteiger charge is 2.30. The molecule has 0 aromatic heterocycles. The summed E-state index contributed by atoms with van der Waals surface area (Å²) < 4.78 is 42.9. The molecule has 0 fully saturated rings. The molecule has 6 nitrogen and oxygen atoms in total. The minimum atomic E-state index is -4.56. The number of carbonyl (C=O) groups excluding carboxylic acids is 2. The van der Waals surface area contributed by atoms with E-state index in [1.807, 2.05) is 0 Å². The monoisotopic (exact) mass is 389 g/mol. The third-order valence-electron chi connectivity index (χ3n) is 3.52. The SMILES string of the molecule is COC(=O)c1ccccc1N/C=C(/C#N)C(=O)Nc1cccc(C(F)(F)F)c1. The summed E-state index contributed by atoms with van der Waals surface area (Å²) in [5, 5.41) is 14.1. The lowest BCUT2D eigenvalue weighted by molar-refractivity contribution is -0.137. The molecule has 0 saturated carbocycles. The summed E-state index contributed by atoms with van der Waals surface area (Å²) in [5.41, 5.74) is -0.989. The summed E-state index contributed by atoms with van der Waals surface area (Å²) in [6.07, 6.45) is -3.52. The summed E-state index contributed by atoms with van der Waals surface area (Å²) in [7, 11) is 1.21. The first-order valence-corrected chi connectivity index (χ1v) is 7.79. The number of carbonyl (C=O) groups is 2. The van der Waals surface area contributed by atoms with Crippen molar-refractivity contribution in [1.82, 2.24) is 0 Å². The second-order valence-electron chi connectivity index (χ2n) is 5.38. The Morgan fingerprint density at radius 1 is 1.14 bits per heavy atom. The Labute approximate surface area is 158 Å². The van der Waals surface area contributed by atoms with Crippen molar-refractivity contribution in [3.63, 3.8) is 0 Å². The second-order valence-corrected chi connectivity index (χ2v) is 5.38. The van der Waals surface area contributed by atoms with Crippen LogP contribution in [-0.2, 0) is 15.7 Å². The molecule has 0 aliphatic heterocycles. The van der Waals surface area contributed by atoms with Crippen LogP contribution >= 0.6 is 0 Å². The summed E-state index contributed by atoms with van der Waals surface area (Å²) in [6.45, 7) is 0. The number of para-hydroxylation sites is 1. The lowest BCUT2D eigenvalue weighted by atomic mass is 10.1. The fourth-order valence-electron chi connectivity index (χ4n) is 2.17. The highest BCUT2D eigenvalue weighted by molar-refractivity contribution is 6.07. The van der Waals surface area contributed by atoms with Crippen molar-refractivity contribution >= 4 is 23.3 Å². The van der Waals surface area contributed by atoms with Crippen molar-refractivity contribution in [2.24, 2.45) is 0 Å². The van der Waals surface area contributed by atoms with Gasteiger partial charge in [0.05, 0.1) is 23.9 Å². The normalized spacial score (nSPS) is 11.3. The summed E-state index contributed by atoms with van der Waals surface area (Å²) >= 11 is 0. The Balaban J connectivity index is 2.19. The van der Waals surface area contributed by atoms with Gasteiger partial charge in [-0.2, -0.15) is 18.4 Å². The van der Waals surface area contributed by atoms with Crippen molar-refractivity contribution in [3.05, 3.63) is 71.4 Å². The maximum absolute atomic E-state index is 12.7. The van der Waals surface area contributed by atoms with Gasteiger partial charge >= 0.3 is 12.1 Å². The van der Waals surface area contributed by atoms with Gasteiger partial charge < -0.3 is 15.4 Å². The van der Waals surface area contributed by atoms with Gasteiger partial charge in [-0.3, -0.25) is 4.79 Å². The van der Waals surface area contributed by atoms with Gasteiger partial charge in [0.2, 0.25) is 0 Å². The molecular formula is C19H14F3N3O3. The minimum Gasteiger partial charge on any atom is -0.465 e. The van der Waals surface area contributed by atoms with Gasteiger partial charge in [-0.15, -0.1) is 0 Å². The Morgan fingerprint density at radius 3 is 2.50 bits per heavy atom. The molecule has 0 radical (unpaired) electrons. The molecule has 2 aromatic carbocycles. The molecule has 0 aliphatic carbocycles. The van der Waals surface area contributed by atoms with Crippen LogP contribution in [0.5, 0.6) is 0 Å². The Hall–Kier alpha value is -3.80. The maximum Gasteiger partial charge on any atom is 0.416 e. The van der Waals surface area contributed by atoms with E-state index in [0.717, 1.165) is 24.4 Å². The highest BCUT2D eigenvalue weighted by Crippen LogP contribution is 2.30. The molecule has 0 heterocycles. The predicted molar refractivity (Wildman–Crippen MR) is 95.2 cm³/mol. The Kier molecular flexibility index (Phi) is 6.39. The first-order chi connectivity index (χ1) is 13.3. The highest BCUT2D eigenvalue weighted by atomic mass is 19.4. The van der Waals surface area contributed by atoms with E-state index in [1.54, 1.807) is 18.2 Å². The van der Waals surface area contributed by atoms with Crippen molar-refractivity contribution in [2.75, 3.05) is 17.7 Å². The number of methoxy groups -OCH3 is 1. The number of nitriles is 1. The molecule has 2 rings (SSSR count). The average Bonchev–Trinajstić information content (AvgIpc) is 2.67. The molecule has 0 bridgehead atoms. The number of esters is 1. The fraction of sp³-hybridized carbons (Fsp3) is 0.105. The molecule has 1 amide bonds. The average molecular weight is 389 g/mol. The smallest absolute Gasteiger partial charge is 0.416 e. The lowest BCUT2D eigenvalue weighted by Crippen LogP contribution is -2.15. The van der Waals surface area contributed by atoms with Crippen molar-refractivity contribution in [2.45, 2.75) is 6.18 Å². The number of anilines is 2. The van der Waals surface area contributed by atoms with Crippen molar-refractivity contribution < 1.29 is 27.5 Å². The number of halogens is 3. The molecule has 0 spiro atoms. The van der Waals surface area contributed by atoms with Crippen LogP contribution in [0.2, 0.25) is 0 Å². The summed E-state index contributed by atoms with van der Waals surface area (Å²) in [4.78, 5) is 23.9. The van der Waals surface area contributed by atoms with Gasteiger partial charge in [-0.1, -0.05) is 18.2 Å². The zero-order valence-electron chi connectivity index (χ0n) is 14.5. The number of nitrogens with one attached hydrogen (secondary N) is 2. The van der Waals surface area contributed by atoms with Gasteiger partial charge in [0, 0.05) is 11.9 Å². The maximum atomic E-state index is 12.7. The van der Waals surface area contributed by atoms with Crippen LogP contribution in [0, 0.1) is 11.3 Å². The molecule has 0 aliphatic rings. The summed E-state index contributed by atoms with van der Waals surface area (Å²) in [5.74, 6) is -1.53. The number of hydrogen-bond donors (Lipinski definition) is 2. The third kappa shape index (κ3) is 5.11. The second kappa shape index (κ2) is 8.73. The topological polar surface area (TPSA) is 91.2 Å². The molecule has 9 heteroatoms. The standard InChI is InChI=1S/C19H14F3N3O3/c1-28-18(27)15-7-2-3-8-16(15)24-11-12(10-23)17(26)25-14-6-4-5-13(9-14)19(20,21)22/h2-9,11,24H,1H3,(H,25,26)/b12-11-. The van der Waals surface area contributed by atoms with Crippen LogP contribution in [-0.4, -0.2) is 19.0 Å². The first-order valence-electron chi connectivity index (χ1n) is 7.79. The molecule has 0 saturated heterocycles. The molecular weight excluding hydrogens is 375 g/mol. The largest absolute Gasteiger partial charge is 0.465 e. The van der Waals surface area contributed by atoms with Gasteiger partial charge in [0.25, 0.3) is 5.91 Å². The van der Waals surface area contributed by atoms with Crippen LogP contribution < -0.4 is 10.6 Å². The molecule has 2 N–H and O–H groups in total. The van der Waals surface area contributed by atoms with E-state index in [9.17, 15) is 28.0 Å². The minimum absolute atomic E-state index is 0.115. The van der Waals surface area contributed by atoms with Crippen LogP contribution in [0.4, 0.5) is 24.5 Å². The number of benzene rings is 2. The van der Waals surface area contributed by atoms with E-state index in [1.165, 1.54) is 25.3 Å². The van der Waals surface area contributed by atoms with E-state index in [4.69, 9.17) is 0 Å². The van der Waals surface area contributed by atoms with E-state index >= 15 is 0 Å². The van der Waals surface area contributed by atoms with Crippen LogP contribution in [0.25, 0.3) is 0 Å².